The first-order valence-corrected chi connectivity index (χ1v) is 6.10. The Morgan fingerprint density at radius 2 is 1.94 bits per heavy atom. The maximum Gasteiger partial charge on any atom is 0.0340 e. The molecule has 0 saturated carbocycles. The van der Waals surface area contributed by atoms with Gasteiger partial charge >= 0.3 is 0 Å². The summed E-state index contributed by atoms with van der Waals surface area (Å²) in [6, 6.07) is 19.7. The van der Waals surface area contributed by atoms with E-state index in [2.05, 4.69) is 42.6 Å². The van der Waals surface area contributed by atoms with Crippen molar-refractivity contribution in [2.24, 2.45) is 0 Å². The third-order valence-corrected chi connectivity index (χ3v) is 2.77. The van der Waals surface area contributed by atoms with Gasteiger partial charge in [-0.05, 0) is 43.5 Å². The number of hydrogen-bond donors (Lipinski definition) is 1. The molecule has 2 rings (SSSR count). The first-order valence-electron chi connectivity index (χ1n) is 6.10. The SMILES string of the molecule is Cc1cccc(CCCNc2cc[c]cc2)c1. The fourth-order valence-corrected chi connectivity index (χ4v) is 1.90. The first-order chi connectivity index (χ1) is 8.34. The van der Waals surface area contributed by atoms with E-state index in [0.29, 0.717) is 0 Å². The third kappa shape index (κ3) is 3.95. The van der Waals surface area contributed by atoms with E-state index in [1.165, 1.54) is 16.8 Å². The molecule has 1 heteroatoms. The number of hydrogen-bond acceptors (Lipinski definition) is 1. The zero-order valence-corrected chi connectivity index (χ0v) is 10.2. The summed E-state index contributed by atoms with van der Waals surface area (Å²) in [5.74, 6) is 0. The molecule has 1 N–H and O–H groups in total. The molecule has 17 heavy (non-hydrogen) atoms. The molecule has 0 aliphatic rings. The van der Waals surface area contributed by atoms with E-state index >= 15 is 0 Å². The molecular formula is C16H18N. The summed E-state index contributed by atoms with van der Waals surface area (Å²) in [5.41, 5.74) is 3.94. The summed E-state index contributed by atoms with van der Waals surface area (Å²) in [6.45, 7) is 3.15. The summed E-state index contributed by atoms with van der Waals surface area (Å²) in [6.07, 6.45) is 2.29. The molecule has 0 aliphatic carbocycles. The predicted molar refractivity (Wildman–Crippen MR) is 73.3 cm³/mol. The minimum absolute atomic E-state index is 1.01. The molecule has 0 aliphatic heterocycles. The van der Waals surface area contributed by atoms with Gasteiger partial charge in [0.25, 0.3) is 0 Å². The molecule has 87 valence electrons. The van der Waals surface area contributed by atoms with Crippen LogP contribution in [0.3, 0.4) is 0 Å². The summed E-state index contributed by atoms with van der Waals surface area (Å²) in [5, 5.41) is 3.41. The monoisotopic (exact) mass is 224 g/mol. The average Bonchev–Trinajstić information content (AvgIpc) is 2.36. The summed E-state index contributed by atoms with van der Waals surface area (Å²) in [7, 11) is 0. The lowest BCUT2D eigenvalue weighted by Gasteiger charge is -2.06. The Bertz CT molecular complexity index is 448. The average molecular weight is 224 g/mol. The van der Waals surface area contributed by atoms with Crippen molar-refractivity contribution in [1.82, 2.24) is 0 Å². The Kier molecular flexibility index (Phi) is 4.20. The van der Waals surface area contributed by atoms with Gasteiger partial charge in [-0.15, -0.1) is 0 Å². The van der Waals surface area contributed by atoms with Crippen LogP contribution < -0.4 is 5.32 Å². The van der Waals surface area contributed by atoms with E-state index in [1.807, 2.05) is 24.3 Å². The van der Waals surface area contributed by atoms with Crippen molar-refractivity contribution in [3.8, 4) is 0 Å². The first kappa shape index (κ1) is 11.7. The van der Waals surface area contributed by atoms with E-state index in [0.717, 1.165) is 19.4 Å². The second-order valence-electron chi connectivity index (χ2n) is 4.31. The quantitative estimate of drug-likeness (QED) is 0.761. The van der Waals surface area contributed by atoms with Gasteiger partial charge in [-0.1, -0.05) is 42.0 Å². The van der Waals surface area contributed by atoms with Gasteiger partial charge in [0.05, 0.1) is 0 Å². The Labute approximate surface area is 103 Å². The predicted octanol–water partition coefficient (Wildman–Crippen LogP) is 3.84. The summed E-state index contributed by atoms with van der Waals surface area (Å²) in [4.78, 5) is 0. The van der Waals surface area contributed by atoms with Gasteiger partial charge in [-0.2, -0.15) is 0 Å². The lowest BCUT2D eigenvalue weighted by molar-refractivity contribution is 0.862. The number of aryl methyl sites for hydroxylation is 2. The van der Waals surface area contributed by atoms with Gasteiger partial charge in [0.15, 0.2) is 0 Å². The van der Waals surface area contributed by atoms with Crippen molar-refractivity contribution < 1.29 is 0 Å². The van der Waals surface area contributed by atoms with E-state index in [-0.39, 0.29) is 0 Å². The van der Waals surface area contributed by atoms with Crippen molar-refractivity contribution >= 4 is 5.69 Å². The van der Waals surface area contributed by atoms with Crippen LogP contribution in [-0.2, 0) is 6.42 Å². The van der Waals surface area contributed by atoms with Gasteiger partial charge in [-0.25, -0.2) is 0 Å². The van der Waals surface area contributed by atoms with Crippen molar-refractivity contribution in [3.63, 3.8) is 0 Å². The van der Waals surface area contributed by atoms with E-state index in [4.69, 9.17) is 0 Å². The molecule has 0 aromatic heterocycles. The maximum atomic E-state index is 3.41. The van der Waals surface area contributed by atoms with Crippen LogP contribution in [0.25, 0.3) is 0 Å². The molecule has 2 aromatic carbocycles. The molecule has 0 fully saturated rings. The van der Waals surface area contributed by atoms with Crippen LogP contribution in [0.2, 0.25) is 0 Å². The van der Waals surface area contributed by atoms with E-state index in [1.54, 1.807) is 0 Å². The van der Waals surface area contributed by atoms with Gasteiger partial charge < -0.3 is 5.32 Å². The lowest BCUT2D eigenvalue weighted by atomic mass is 10.1. The standard InChI is InChI=1S/C16H18N/c1-14-7-5-8-15(13-14)9-6-12-17-16-10-3-2-4-11-16/h3-5,7-8,10-11,13,17H,6,9,12H2,1H3. The zero-order valence-electron chi connectivity index (χ0n) is 10.2. The highest BCUT2D eigenvalue weighted by Gasteiger charge is 1.94. The van der Waals surface area contributed by atoms with Crippen molar-refractivity contribution in [2.45, 2.75) is 19.8 Å². The van der Waals surface area contributed by atoms with Crippen molar-refractivity contribution in [2.75, 3.05) is 11.9 Å². The van der Waals surface area contributed by atoms with E-state index < -0.39 is 0 Å². The van der Waals surface area contributed by atoms with Gasteiger partial charge in [0, 0.05) is 12.2 Å². The number of anilines is 1. The summed E-state index contributed by atoms with van der Waals surface area (Å²) < 4.78 is 0. The van der Waals surface area contributed by atoms with Gasteiger partial charge in [0.1, 0.15) is 0 Å². The Morgan fingerprint density at radius 3 is 2.71 bits per heavy atom. The van der Waals surface area contributed by atoms with Crippen molar-refractivity contribution in [3.05, 3.63) is 65.7 Å². The lowest BCUT2D eigenvalue weighted by Crippen LogP contribution is -2.02. The Hall–Kier alpha value is -1.76. The minimum Gasteiger partial charge on any atom is -0.385 e. The molecule has 0 spiro atoms. The van der Waals surface area contributed by atoms with Crippen LogP contribution in [-0.4, -0.2) is 6.54 Å². The largest absolute Gasteiger partial charge is 0.385 e. The Morgan fingerprint density at radius 1 is 1.12 bits per heavy atom. The molecule has 1 radical (unpaired) electrons. The van der Waals surface area contributed by atoms with Crippen LogP contribution in [0.5, 0.6) is 0 Å². The highest BCUT2D eigenvalue weighted by Crippen LogP contribution is 2.08. The smallest absolute Gasteiger partial charge is 0.0340 e. The van der Waals surface area contributed by atoms with Crippen LogP contribution in [0.15, 0.2) is 48.5 Å². The van der Waals surface area contributed by atoms with Crippen LogP contribution in [0, 0.1) is 13.0 Å². The summed E-state index contributed by atoms with van der Waals surface area (Å²) >= 11 is 0. The normalized spacial score (nSPS) is 10.2. The van der Waals surface area contributed by atoms with Crippen LogP contribution in [0.4, 0.5) is 5.69 Å². The molecule has 0 bridgehead atoms. The second-order valence-corrected chi connectivity index (χ2v) is 4.31. The number of nitrogens with one attached hydrogen (secondary N) is 1. The molecule has 2 aromatic rings. The Balaban J connectivity index is 1.73. The fourth-order valence-electron chi connectivity index (χ4n) is 1.90. The molecule has 0 saturated heterocycles. The van der Waals surface area contributed by atoms with Gasteiger partial charge in [0.2, 0.25) is 0 Å². The fraction of sp³-hybridized carbons (Fsp3) is 0.250. The van der Waals surface area contributed by atoms with Crippen LogP contribution >= 0.6 is 0 Å². The van der Waals surface area contributed by atoms with Crippen LogP contribution in [0.1, 0.15) is 17.5 Å². The molecule has 0 heterocycles. The topological polar surface area (TPSA) is 12.0 Å². The minimum atomic E-state index is 1.01. The number of rotatable bonds is 5. The molecule has 0 amide bonds. The second kappa shape index (κ2) is 6.09. The van der Waals surface area contributed by atoms with Gasteiger partial charge in [-0.3, -0.25) is 0 Å². The molecule has 0 atom stereocenters. The third-order valence-electron chi connectivity index (χ3n) is 2.77. The highest BCUT2D eigenvalue weighted by atomic mass is 14.9. The zero-order chi connectivity index (χ0) is 11.9. The maximum absolute atomic E-state index is 3.41. The van der Waals surface area contributed by atoms with E-state index in [9.17, 15) is 0 Å². The van der Waals surface area contributed by atoms with Crippen molar-refractivity contribution in [1.29, 1.82) is 0 Å². The molecule has 0 unspecified atom stereocenters. The number of benzene rings is 2. The highest BCUT2D eigenvalue weighted by molar-refractivity contribution is 5.41. The molecular weight excluding hydrogens is 206 g/mol. The molecule has 1 nitrogen and oxygen atoms in total.